The van der Waals surface area contributed by atoms with Gasteiger partial charge in [-0.25, -0.2) is 9.37 Å². The Hall–Kier alpha value is -3.70. The van der Waals surface area contributed by atoms with Gasteiger partial charge < -0.3 is 19.9 Å². The lowest BCUT2D eigenvalue weighted by Crippen LogP contribution is -2.25. The van der Waals surface area contributed by atoms with Crippen molar-refractivity contribution in [2.75, 3.05) is 19.0 Å². The first kappa shape index (κ1) is 19.6. The van der Waals surface area contributed by atoms with Crippen molar-refractivity contribution < 1.29 is 13.9 Å². The molecule has 2 heterocycles. The number of imidazole rings is 1. The van der Waals surface area contributed by atoms with Gasteiger partial charge in [-0.3, -0.25) is 4.79 Å². The van der Waals surface area contributed by atoms with E-state index in [2.05, 4.69) is 21.7 Å². The van der Waals surface area contributed by atoms with Crippen molar-refractivity contribution in [3.8, 4) is 22.9 Å². The maximum absolute atomic E-state index is 14.8. The first-order valence-corrected chi connectivity index (χ1v) is 9.47. The Morgan fingerprint density at radius 2 is 2.07 bits per heavy atom. The van der Waals surface area contributed by atoms with Gasteiger partial charge in [0.15, 0.2) is 17.4 Å². The number of carbonyl (C=O) groups excluding carboxylic acids is 1. The number of nitrogens with zero attached hydrogens (tertiary/aromatic N) is 3. The lowest BCUT2D eigenvalue weighted by molar-refractivity contribution is 0.101. The van der Waals surface area contributed by atoms with Crippen LogP contribution in [0.5, 0.6) is 5.75 Å². The predicted octanol–water partition coefficient (Wildman–Crippen LogP) is 3.00. The Labute approximate surface area is 173 Å². The van der Waals surface area contributed by atoms with Crippen LogP contribution in [-0.4, -0.2) is 29.1 Å². The largest absolute Gasteiger partial charge is 0.494 e. The van der Waals surface area contributed by atoms with Crippen LogP contribution >= 0.6 is 0 Å². The normalized spacial score (nSPS) is 12.7. The third kappa shape index (κ3) is 3.29. The molecule has 0 atom stereocenters. The second-order valence-electron chi connectivity index (χ2n) is 6.93. The summed E-state index contributed by atoms with van der Waals surface area (Å²) in [4.78, 5) is 17.4. The van der Waals surface area contributed by atoms with Gasteiger partial charge in [-0.15, -0.1) is 0 Å². The number of nitriles is 1. The van der Waals surface area contributed by atoms with Crippen LogP contribution in [0, 0.1) is 17.1 Å². The molecule has 7 nitrogen and oxygen atoms in total. The minimum atomic E-state index is -0.566. The molecule has 4 rings (SSSR count). The number of amides is 1. The fourth-order valence-electron chi connectivity index (χ4n) is 3.68. The number of carbonyl (C=O) groups is 1. The Balaban J connectivity index is 1.72. The summed E-state index contributed by atoms with van der Waals surface area (Å²) in [6.07, 6.45) is 0.754. The molecule has 0 aliphatic carbocycles. The van der Waals surface area contributed by atoms with Crippen LogP contribution in [0.1, 0.15) is 27.6 Å². The van der Waals surface area contributed by atoms with Crippen LogP contribution < -0.4 is 15.4 Å². The molecule has 30 heavy (non-hydrogen) atoms. The maximum Gasteiger partial charge on any atom is 0.291 e. The third-order valence-electron chi connectivity index (χ3n) is 5.23. The molecular weight excluding hydrogens is 385 g/mol. The lowest BCUT2D eigenvalue weighted by Gasteiger charge is -2.14. The Morgan fingerprint density at radius 3 is 2.80 bits per heavy atom. The van der Waals surface area contributed by atoms with E-state index in [0.717, 1.165) is 24.4 Å². The Morgan fingerprint density at radius 1 is 1.30 bits per heavy atom. The molecule has 0 fully saturated rings. The minimum absolute atomic E-state index is 0.0815. The van der Waals surface area contributed by atoms with Crippen molar-refractivity contribution >= 4 is 11.6 Å². The number of benzene rings is 2. The SMILES string of the molecule is COc1cccc(-c2cccc(NC(=O)c3nc4c(n3C)CNCC4)c2C#N)c1F. The zero-order valence-corrected chi connectivity index (χ0v) is 16.6. The zero-order valence-electron chi connectivity index (χ0n) is 16.6. The number of hydrogen-bond acceptors (Lipinski definition) is 5. The highest BCUT2D eigenvalue weighted by atomic mass is 19.1. The molecule has 1 aliphatic heterocycles. The van der Waals surface area contributed by atoms with E-state index in [0.29, 0.717) is 17.8 Å². The van der Waals surface area contributed by atoms with Crippen molar-refractivity contribution in [3.05, 3.63) is 65.0 Å². The number of aromatic nitrogens is 2. The van der Waals surface area contributed by atoms with Crippen LogP contribution in [0.4, 0.5) is 10.1 Å². The van der Waals surface area contributed by atoms with E-state index in [4.69, 9.17) is 4.74 Å². The van der Waals surface area contributed by atoms with Gasteiger partial charge in [0.2, 0.25) is 0 Å². The van der Waals surface area contributed by atoms with Crippen molar-refractivity contribution in [3.63, 3.8) is 0 Å². The van der Waals surface area contributed by atoms with Gasteiger partial charge in [0.05, 0.1) is 29.7 Å². The molecule has 0 saturated carbocycles. The van der Waals surface area contributed by atoms with E-state index >= 15 is 0 Å². The van der Waals surface area contributed by atoms with Crippen LogP contribution in [0.3, 0.4) is 0 Å². The number of hydrogen-bond donors (Lipinski definition) is 2. The molecule has 8 heteroatoms. The van der Waals surface area contributed by atoms with E-state index < -0.39 is 11.7 Å². The monoisotopic (exact) mass is 405 g/mol. The van der Waals surface area contributed by atoms with E-state index in [1.54, 1.807) is 41.9 Å². The molecule has 0 unspecified atom stereocenters. The van der Waals surface area contributed by atoms with E-state index in [9.17, 15) is 14.4 Å². The van der Waals surface area contributed by atoms with Gasteiger partial charge in [0.1, 0.15) is 6.07 Å². The fraction of sp³-hybridized carbons (Fsp3) is 0.227. The number of ether oxygens (including phenoxy) is 1. The molecule has 2 aromatic carbocycles. The van der Waals surface area contributed by atoms with Gasteiger partial charge in [0.25, 0.3) is 5.91 Å². The highest BCUT2D eigenvalue weighted by Crippen LogP contribution is 2.34. The predicted molar refractivity (Wildman–Crippen MR) is 110 cm³/mol. The van der Waals surface area contributed by atoms with Crippen molar-refractivity contribution in [2.24, 2.45) is 7.05 Å². The number of rotatable bonds is 4. The topological polar surface area (TPSA) is 92.0 Å². The molecule has 1 amide bonds. The Kier molecular flexibility index (Phi) is 5.21. The van der Waals surface area contributed by atoms with Gasteiger partial charge in [-0.05, 0) is 12.1 Å². The molecule has 2 N–H and O–H groups in total. The molecule has 3 aromatic rings. The molecule has 1 aliphatic rings. The molecule has 0 bridgehead atoms. The zero-order chi connectivity index (χ0) is 21.3. The number of halogens is 1. The van der Waals surface area contributed by atoms with Crippen LogP contribution in [0.2, 0.25) is 0 Å². The molecular formula is C22H20FN5O2. The average molecular weight is 405 g/mol. The first-order chi connectivity index (χ1) is 14.5. The minimum Gasteiger partial charge on any atom is -0.494 e. The number of fused-ring (bicyclic) bond motifs is 1. The molecule has 0 radical (unpaired) electrons. The molecule has 1 aromatic heterocycles. The third-order valence-corrected chi connectivity index (χ3v) is 5.23. The van der Waals surface area contributed by atoms with Crippen LogP contribution in [0.15, 0.2) is 36.4 Å². The maximum atomic E-state index is 14.8. The van der Waals surface area contributed by atoms with E-state index in [-0.39, 0.29) is 22.7 Å². The summed E-state index contributed by atoms with van der Waals surface area (Å²) in [5.74, 6) is -0.639. The second kappa shape index (κ2) is 7.97. The second-order valence-corrected chi connectivity index (χ2v) is 6.93. The number of nitrogens with one attached hydrogen (secondary N) is 2. The number of anilines is 1. The standard InChI is InChI=1S/C22H20FN5O2/c1-28-18-12-25-10-9-17(18)26-21(28)22(29)27-16-7-3-5-13(15(16)11-24)14-6-4-8-19(30-2)20(14)23/h3-8,25H,9-10,12H2,1-2H3,(H,27,29). The summed E-state index contributed by atoms with van der Waals surface area (Å²) in [5.41, 5.74) is 2.92. The van der Waals surface area contributed by atoms with Gasteiger partial charge in [-0.2, -0.15) is 5.26 Å². The summed E-state index contributed by atoms with van der Waals surface area (Å²) in [6.45, 7) is 1.47. The first-order valence-electron chi connectivity index (χ1n) is 9.47. The fourth-order valence-corrected chi connectivity index (χ4v) is 3.68. The highest BCUT2D eigenvalue weighted by molar-refractivity contribution is 6.03. The highest BCUT2D eigenvalue weighted by Gasteiger charge is 2.23. The summed E-state index contributed by atoms with van der Waals surface area (Å²) < 4.78 is 21.6. The van der Waals surface area contributed by atoms with Crippen molar-refractivity contribution in [1.82, 2.24) is 14.9 Å². The van der Waals surface area contributed by atoms with E-state index in [1.807, 2.05) is 0 Å². The van der Waals surface area contributed by atoms with Crippen molar-refractivity contribution in [1.29, 1.82) is 5.26 Å². The molecule has 152 valence electrons. The van der Waals surface area contributed by atoms with Crippen molar-refractivity contribution in [2.45, 2.75) is 13.0 Å². The lowest BCUT2D eigenvalue weighted by atomic mass is 9.98. The van der Waals surface area contributed by atoms with Gasteiger partial charge in [0, 0.05) is 37.7 Å². The molecule has 0 saturated heterocycles. The van der Waals surface area contributed by atoms with Crippen LogP contribution in [-0.2, 0) is 20.0 Å². The Bertz CT molecular complexity index is 1180. The summed E-state index contributed by atoms with van der Waals surface area (Å²) in [5, 5.41) is 15.8. The van der Waals surface area contributed by atoms with Gasteiger partial charge in [-0.1, -0.05) is 24.3 Å². The van der Waals surface area contributed by atoms with E-state index in [1.165, 1.54) is 13.2 Å². The van der Waals surface area contributed by atoms with Gasteiger partial charge >= 0.3 is 0 Å². The smallest absolute Gasteiger partial charge is 0.291 e. The molecule has 0 spiro atoms. The quantitative estimate of drug-likeness (QED) is 0.696. The summed E-state index contributed by atoms with van der Waals surface area (Å²) in [7, 11) is 3.17. The average Bonchev–Trinajstić information content (AvgIpc) is 3.11. The summed E-state index contributed by atoms with van der Waals surface area (Å²) >= 11 is 0. The summed E-state index contributed by atoms with van der Waals surface area (Å²) in [6, 6.07) is 11.7. The number of methoxy groups -OCH3 is 1. The van der Waals surface area contributed by atoms with Crippen LogP contribution in [0.25, 0.3) is 11.1 Å².